The monoisotopic (exact) mass is 369 g/mol. The molecule has 3 aromatic rings. The van der Waals surface area contributed by atoms with Gasteiger partial charge in [-0.1, -0.05) is 42.5 Å². The van der Waals surface area contributed by atoms with Crippen molar-refractivity contribution in [1.29, 1.82) is 0 Å². The van der Waals surface area contributed by atoms with Crippen LogP contribution in [0.2, 0.25) is 0 Å². The number of ether oxygens (including phenoxy) is 2. The summed E-state index contributed by atoms with van der Waals surface area (Å²) in [7, 11) is 1.64. The Bertz CT molecular complexity index is 790. The maximum Gasteiger partial charge on any atom is 0.161 e. The van der Waals surface area contributed by atoms with Gasteiger partial charge in [0.2, 0.25) is 0 Å². The number of hydrogen-bond donors (Lipinski definition) is 2. The minimum absolute atomic E-state index is 0.489. The lowest BCUT2D eigenvalue weighted by Gasteiger charge is -2.14. The van der Waals surface area contributed by atoms with Gasteiger partial charge >= 0.3 is 0 Å². The second-order valence-corrected chi connectivity index (χ2v) is 6.94. The molecule has 0 amide bonds. The van der Waals surface area contributed by atoms with Gasteiger partial charge in [-0.05, 0) is 34.7 Å². The normalized spacial score (nSPS) is 11.9. The first kappa shape index (κ1) is 18.5. The summed E-state index contributed by atoms with van der Waals surface area (Å²) >= 11 is 1.67. The molecule has 0 bridgehead atoms. The Hall–Kier alpha value is -2.34. The minimum Gasteiger partial charge on any atom is -0.493 e. The van der Waals surface area contributed by atoms with E-state index >= 15 is 0 Å². The number of hydrogen-bond acceptors (Lipinski definition) is 5. The zero-order valence-corrected chi connectivity index (χ0v) is 15.5. The lowest BCUT2D eigenvalue weighted by molar-refractivity contribution is 0.174. The first-order chi connectivity index (χ1) is 12.8. The van der Waals surface area contributed by atoms with Crippen molar-refractivity contribution in [3.8, 4) is 11.5 Å². The van der Waals surface area contributed by atoms with E-state index in [2.05, 4.69) is 5.32 Å². The Kier molecular flexibility index (Phi) is 6.66. The van der Waals surface area contributed by atoms with Gasteiger partial charge < -0.3 is 19.9 Å². The van der Waals surface area contributed by atoms with Gasteiger partial charge in [0, 0.05) is 18.0 Å². The Morgan fingerprint density at radius 2 is 1.88 bits per heavy atom. The van der Waals surface area contributed by atoms with E-state index in [9.17, 15) is 5.11 Å². The van der Waals surface area contributed by atoms with Crippen LogP contribution < -0.4 is 14.8 Å². The van der Waals surface area contributed by atoms with E-state index in [-0.39, 0.29) is 0 Å². The Balaban J connectivity index is 1.53. The van der Waals surface area contributed by atoms with E-state index in [0.717, 1.165) is 16.9 Å². The van der Waals surface area contributed by atoms with Crippen LogP contribution in [0.1, 0.15) is 22.1 Å². The third-order valence-electron chi connectivity index (χ3n) is 4.03. The quantitative estimate of drug-likeness (QED) is 0.595. The topological polar surface area (TPSA) is 50.7 Å². The van der Waals surface area contributed by atoms with Crippen molar-refractivity contribution in [2.45, 2.75) is 19.3 Å². The highest BCUT2D eigenvalue weighted by atomic mass is 32.1. The molecule has 0 aliphatic rings. The Morgan fingerprint density at radius 1 is 1.04 bits per heavy atom. The molecule has 1 aromatic heterocycles. The van der Waals surface area contributed by atoms with Crippen LogP contribution in [0.15, 0.2) is 66.0 Å². The van der Waals surface area contributed by atoms with Crippen LogP contribution >= 0.6 is 11.3 Å². The van der Waals surface area contributed by atoms with Crippen molar-refractivity contribution in [2.24, 2.45) is 0 Å². The third-order valence-corrected chi connectivity index (χ3v) is 4.88. The average molecular weight is 369 g/mol. The second-order valence-electron chi connectivity index (χ2n) is 5.91. The molecule has 0 saturated heterocycles. The third kappa shape index (κ3) is 5.08. The number of benzene rings is 2. The molecule has 0 fully saturated rings. The molecule has 0 aliphatic heterocycles. The summed E-state index contributed by atoms with van der Waals surface area (Å²) in [6.07, 6.45) is -0.522. The van der Waals surface area contributed by atoms with Crippen LogP contribution in [0.25, 0.3) is 0 Å². The predicted octanol–water partition coefficient (Wildman–Crippen LogP) is 4.16. The zero-order chi connectivity index (χ0) is 18.2. The largest absolute Gasteiger partial charge is 0.493 e. The molecular formula is C21H23NO3S. The summed E-state index contributed by atoms with van der Waals surface area (Å²) in [4.78, 5) is 1.17. The molecular weight excluding hydrogens is 346 g/mol. The number of rotatable bonds is 9. The summed E-state index contributed by atoms with van der Waals surface area (Å²) < 4.78 is 11.3. The molecule has 26 heavy (non-hydrogen) atoms. The Morgan fingerprint density at radius 3 is 2.62 bits per heavy atom. The molecule has 1 heterocycles. The fourth-order valence-electron chi connectivity index (χ4n) is 2.63. The number of nitrogens with one attached hydrogen (secondary N) is 1. The van der Waals surface area contributed by atoms with E-state index < -0.39 is 6.10 Å². The van der Waals surface area contributed by atoms with Gasteiger partial charge in [0.05, 0.1) is 13.2 Å². The molecule has 0 saturated carbocycles. The zero-order valence-electron chi connectivity index (χ0n) is 14.7. The standard InChI is InChI=1S/C21H23NO3S/c1-24-21-12-16(9-10-20(21)25-15-18-8-5-11-26-18)13-22-14-19(23)17-6-3-2-4-7-17/h2-12,19,22-23H,13-15H2,1H3/t19-/m1/s1. The predicted molar refractivity (Wildman–Crippen MR) is 105 cm³/mol. The molecule has 0 radical (unpaired) electrons. The van der Waals surface area contributed by atoms with E-state index in [4.69, 9.17) is 9.47 Å². The Labute approximate surface area is 158 Å². The summed E-state index contributed by atoms with van der Waals surface area (Å²) in [5.41, 5.74) is 1.99. The number of thiophene rings is 1. The fourth-order valence-corrected chi connectivity index (χ4v) is 3.25. The van der Waals surface area contributed by atoms with Crippen LogP contribution in [-0.2, 0) is 13.2 Å². The van der Waals surface area contributed by atoms with Crippen molar-refractivity contribution in [3.63, 3.8) is 0 Å². The molecule has 0 spiro atoms. The summed E-state index contributed by atoms with van der Waals surface area (Å²) in [6, 6.07) is 19.6. The first-order valence-corrected chi connectivity index (χ1v) is 9.40. The highest BCUT2D eigenvalue weighted by Gasteiger charge is 2.09. The first-order valence-electron chi connectivity index (χ1n) is 8.52. The van der Waals surface area contributed by atoms with Crippen LogP contribution in [0.3, 0.4) is 0 Å². The molecule has 0 unspecified atom stereocenters. The summed E-state index contributed by atoms with van der Waals surface area (Å²) in [5, 5.41) is 15.5. The molecule has 4 nitrogen and oxygen atoms in total. The van der Waals surface area contributed by atoms with E-state index in [1.807, 2.05) is 66.0 Å². The molecule has 5 heteroatoms. The van der Waals surface area contributed by atoms with Gasteiger partial charge in [0.1, 0.15) is 6.61 Å². The number of aliphatic hydroxyl groups is 1. The SMILES string of the molecule is COc1cc(CNC[C@@H](O)c2ccccc2)ccc1OCc1cccs1. The highest BCUT2D eigenvalue weighted by Crippen LogP contribution is 2.29. The van der Waals surface area contributed by atoms with E-state index in [0.29, 0.717) is 25.4 Å². The maximum absolute atomic E-state index is 10.2. The lowest BCUT2D eigenvalue weighted by atomic mass is 10.1. The molecule has 2 aromatic carbocycles. The fraction of sp³-hybridized carbons (Fsp3) is 0.238. The molecule has 136 valence electrons. The van der Waals surface area contributed by atoms with Crippen LogP contribution in [0.5, 0.6) is 11.5 Å². The summed E-state index contributed by atoms with van der Waals surface area (Å²) in [6.45, 7) is 1.67. The van der Waals surface area contributed by atoms with Gasteiger partial charge in [0.25, 0.3) is 0 Å². The molecule has 1 atom stereocenters. The van der Waals surface area contributed by atoms with Crippen LogP contribution in [-0.4, -0.2) is 18.8 Å². The van der Waals surface area contributed by atoms with Gasteiger partial charge in [-0.3, -0.25) is 0 Å². The van der Waals surface area contributed by atoms with Gasteiger partial charge in [-0.2, -0.15) is 0 Å². The van der Waals surface area contributed by atoms with Crippen molar-refractivity contribution >= 4 is 11.3 Å². The van der Waals surface area contributed by atoms with Crippen LogP contribution in [0.4, 0.5) is 0 Å². The number of methoxy groups -OCH3 is 1. The minimum atomic E-state index is -0.522. The highest BCUT2D eigenvalue weighted by molar-refractivity contribution is 7.09. The smallest absolute Gasteiger partial charge is 0.161 e. The van der Waals surface area contributed by atoms with Crippen molar-refractivity contribution in [1.82, 2.24) is 5.32 Å². The molecule has 2 N–H and O–H groups in total. The lowest BCUT2D eigenvalue weighted by Crippen LogP contribution is -2.21. The van der Waals surface area contributed by atoms with Gasteiger partial charge in [-0.25, -0.2) is 0 Å². The summed E-state index contributed by atoms with van der Waals surface area (Å²) in [5.74, 6) is 1.44. The van der Waals surface area contributed by atoms with Gasteiger partial charge in [-0.15, -0.1) is 11.3 Å². The van der Waals surface area contributed by atoms with Crippen LogP contribution in [0, 0.1) is 0 Å². The second kappa shape index (κ2) is 9.38. The van der Waals surface area contributed by atoms with Crippen molar-refractivity contribution in [2.75, 3.05) is 13.7 Å². The number of aliphatic hydroxyl groups excluding tert-OH is 1. The van der Waals surface area contributed by atoms with E-state index in [1.165, 1.54) is 4.88 Å². The maximum atomic E-state index is 10.2. The molecule has 3 rings (SSSR count). The van der Waals surface area contributed by atoms with E-state index in [1.54, 1.807) is 18.4 Å². The van der Waals surface area contributed by atoms with Crippen molar-refractivity contribution in [3.05, 3.63) is 82.0 Å². The average Bonchev–Trinajstić information content (AvgIpc) is 3.21. The van der Waals surface area contributed by atoms with Crippen molar-refractivity contribution < 1.29 is 14.6 Å². The van der Waals surface area contributed by atoms with Gasteiger partial charge in [0.15, 0.2) is 11.5 Å². The molecule has 0 aliphatic carbocycles.